The second kappa shape index (κ2) is 8.33. The maximum Gasteiger partial charge on any atom is 0.413 e. The number of carbonyl (C=O) groups excluding carboxylic acids is 2. The van der Waals surface area contributed by atoms with Crippen LogP contribution in [0, 0.1) is 0 Å². The maximum atomic E-state index is 11.9. The predicted octanol–water partition coefficient (Wildman–Crippen LogP) is 3.68. The molecule has 2 atom stereocenters. The highest BCUT2D eigenvalue weighted by molar-refractivity contribution is 5.83. The number of nitrogens with one attached hydrogen (secondary N) is 3. The van der Waals surface area contributed by atoms with Crippen molar-refractivity contribution in [3.8, 4) is 0 Å². The number of rotatable bonds is 6. The number of aromatic amines is 1. The van der Waals surface area contributed by atoms with Crippen LogP contribution in [0.1, 0.15) is 49.3 Å². The number of amides is 2. The van der Waals surface area contributed by atoms with Crippen molar-refractivity contribution in [1.82, 2.24) is 15.5 Å². The Morgan fingerprint density at radius 2 is 1.93 bits per heavy atom. The van der Waals surface area contributed by atoms with E-state index in [1.165, 1.54) is 0 Å². The number of alkyl carbamates (subject to hydrolysis) is 1. The quantitative estimate of drug-likeness (QED) is 0.704. The Bertz CT molecular complexity index is 819. The molecule has 28 heavy (non-hydrogen) atoms. The van der Waals surface area contributed by atoms with Crippen LogP contribution in [-0.4, -0.2) is 34.5 Å². The molecule has 0 aliphatic heterocycles. The fraction of sp³-hybridized carbons (Fsp3) is 0.450. The van der Waals surface area contributed by atoms with Crippen molar-refractivity contribution in [1.29, 1.82) is 0 Å². The molecule has 2 aliphatic carbocycles. The summed E-state index contributed by atoms with van der Waals surface area (Å²) in [6.45, 7) is 0.203. The SMILES string of the molecule is O=C(Nc1cc([C@@H]2CC[C@H](OC(=O)NC3CC3)C2)[nH]n1)OCc1ccccc1. The molecule has 1 heterocycles. The molecule has 1 aromatic heterocycles. The molecular weight excluding hydrogens is 360 g/mol. The molecule has 8 nitrogen and oxygen atoms in total. The summed E-state index contributed by atoms with van der Waals surface area (Å²) in [5.74, 6) is 0.644. The molecule has 2 aromatic rings. The number of aromatic nitrogens is 2. The standard InChI is InChI=1S/C20H24N4O4/c25-19(27-12-13-4-2-1-3-5-13)22-18-11-17(23-24-18)14-6-9-16(10-14)28-20(26)21-15-7-8-15/h1-5,11,14-16H,6-10,12H2,(H,21,26)(H2,22,23,24,25)/t14-,16+/m1/s1. The summed E-state index contributed by atoms with van der Waals surface area (Å²) in [6, 6.07) is 11.6. The molecule has 4 rings (SSSR count). The predicted molar refractivity (Wildman–Crippen MR) is 102 cm³/mol. The summed E-state index contributed by atoms with van der Waals surface area (Å²) >= 11 is 0. The Morgan fingerprint density at radius 1 is 1.11 bits per heavy atom. The minimum Gasteiger partial charge on any atom is -0.446 e. The molecular formula is C20H24N4O4. The average Bonchev–Trinajstić information content (AvgIpc) is 3.18. The van der Waals surface area contributed by atoms with Crippen LogP contribution in [0.15, 0.2) is 36.4 Å². The van der Waals surface area contributed by atoms with E-state index in [0.29, 0.717) is 11.9 Å². The number of hydrogen-bond acceptors (Lipinski definition) is 5. The van der Waals surface area contributed by atoms with Gasteiger partial charge < -0.3 is 14.8 Å². The third-order valence-electron chi connectivity index (χ3n) is 5.04. The topological polar surface area (TPSA) is 105 Å². The van der Waals surface area contributed by atoms with E-state index in [4.69, 9.17) is 9.47 Å². The lowest BCUT2D eigenvalue weighted by atomic mass is 10.0. The number of H-pyrrole nitrogens is 1. The number of benzene rings is 1. The first-order chi connectivity index (χ1) is 13.7. The van der Waals surface area contributed by atoms with Gasteiger partial charge in [-0.25, -0.2) is 9.59 Å². The van der Waals surface area contributed by atoms with Gasteiger partial charge in [-0.3, -0.25) is 10.4 Å². The zero-order valence-electron chi connectivity index (χ0n) is 15.5. The van der Waals surface area contributed by atoms with Crippen LogP contribution in [-0.2, 0) is 16.1 Å². The molecule has 0 bridgehead atoms. The van der Waals surface area contributed by atoms with Crippen LogP contribution < -0.4 is 10.6 Å². The first-order valence-corrected chi connectivity index (χ1v) is 9.66. The van der Waals surface area contributed by atoms with Gasteiger partial charge in [0.05, 0.1) is 0 Å². The van der Waals surface area contributed by atoms with Gasteiger partial charge in [0.2, 0.25) is 0 Å². The van der Waals surface area contributed by atoms with Gasteiger partial charge in [-0.2, -0.15) is 5.10 Å². The van der Waals surface area contributed by atoms with Crippen molar-refractivity contribution in [3.63, 3.8) is 0 Å². The first-order valence-electron chi connectivity index (χ1n) is 9.66. The Kier molecular flexibility index (Phi) is 5.45. The van der Waals surface area contributed by atoms with Gasteiger partial charge in [-0.05, 0) is 37.7 Å². The molecule has 2 saturated carbocycles. The first kappa shape index (κ1) is 18.3. The number of anilines is 1. The summed E-state index contributed by atoms with van der Waals surface area (Å²) < 4.78 is 10.7. The van der Waals surface area contributed by atoms with Gasteiger partial charge in [-0.15, -0.1) is 0 Å². The molecule has 2 fully saturated rings. The molecule has 0 saturated heterocycles. The number of carbonyl (C=O) groups is 2. The normalized spacial score (nSPS) is 21.1. The van der Waals surface area contributed by atoms with E-state index in [1.54, 1.807) is 6.07 Å². The van der Waals surface area contributed by atoms with Crippen molar-refractivity contribution < 1.29 is 19.1 Å². The summed E-state index contributed by atoms with van der Waals surface area (Å²) in [5, 5.41) is 12.6. The number of ether oxygens (including phenoxy) is 2. The van der Waals surface area contributed by atoms with Crippen LogP contribution >= 0.6 is 0 Å². The summed E-state index contributed by atoms with van der Waals surface area (Å²) in [6.07, 6.45) is 3.61. The zero-order valence-corrected chi connectivity index (χ0v) is 15.5. The van der Waals surface area contributed by atoms with Crippen LogP contribution in [0.25, 0.3) is 0 Å². The second-order valence-corrected chi connectivity index (χ2v) is 7.35. The van der Waals surface area contributed by atoms with E-state index in [-0.39, 0.29) is 24.7 Å². The lowest BCUT2D eigenvalue weighted by molar-refractivity contribution is 0.0997. The molecule has 8 heteroatoms. The van der Waals surface area contributed by atoms with Gasteiger partial charge in [0.15, 0.2) is 5.82 Å². The highest BCUT2D eigenvalue weighted by Gasteiger charge is 2.31. The highest BCUT2D eigenvalue weighted by Crippen LogP contribution is 2.36. The van der Waals surface area contributed by atoms with Crippen molar-refractivity contribution in [2.75, 3.05) is 5.32 Å². The molecule has 0 radical (unpaired) electrons. The smallest absolute Gasteiger partial charge is 0.413 e. The van der Waals surface area contributed by atoms with Gasteiger partial charge >= 0.3 is 12.2 Å². The van der Waals surface area contributed by atoms with Crippen LogP contribution in [0.5, 0.6) is 0 Å². The molecule has 0 unspecified atom stereocenters. The Balaban J connectivity index is 1.22. The summed E-state index contributed by atoms with van der Waals surface area (Å²) in [5.41, 5.74) is 1.84. The van der Waals surface area contributed by atoms with E-state index < -0.39 is 6.09 Å². The Hall–Kier alpha value is -3.03. The molecule has 1 aromatic carbocycles. The van der Waals surface area contributed by atoms with E-state index in [9.17, 15) is 9.59 Å². The average molecular weight is 384 g/mol. The lowest BCUT2D eigenvalue weighted by Gasteiger charge is -2.12. The zero-order chi connectivity index (χ0) is 19.3. The monoisotopic (exact) mass is 384 g/mol. The van der Waals surface area contributed by atoms with Crippen molar-refractivity contribution >= 4 is 18.0 Å². The van der Waals surface area contributed by atoms with E-state index in [1.807, 2.05) is 30.3 Å². The second-order valence-electron chi connectivity index (χ2n) is 7.35. The van der Waals surface area contributed by atoms with E-state index >= 15 is 0 Å². The maximum absolute atomic E-state index is 11.9. The van der Waals surface area contributed by atoms with Crippen molar-refractivity contribution in [2.45, 2.75) is 56.8 Å². The van der Waals surface area contributed by atoms with Crippen LogP contribution in [0.3, 0.4) is 0 Å². The van der Waals surface area contributed by atoms with Gasteiger partial charge in [0, 0.05) is 23.7 Å². The van der Waals surface area contributed by atoms with Crippen molar-refractivity contribution in [3.05, 3.63) is 47.7 Å². The largest absolute Gasteiger partial charge is 0.446 e. The fourth-order valence-electron chi connectivity index (χ4n) is 3.38. The molecule has 2 aliphatic rings. The van der Waals surface area contributed by atoms with Gasteiger partial charge in [-0.1, -0.05) is 30.3 Å². The summed E-state index contributed by atoms with van der Waals surface area (Å²) in [7, 11) is 0. The van der Waals surface area contributed by atoms with E-state index in [0.717, 1.165) is 43.4 Å². The third-order valence-corrected chi connectivity index (χ3v) is 5.04. The van der Waals surface area contributed by atoms with Crippen LogP contribution in [0.2, 0.25) is 0 Å². The lowest BCUT2D eigenvalue weighted by Crippen LogP contribution is -2.29. The minimum absolute atomic E-state index is 0.0840. The molecule has 0 spiro atoms. The molecule has 148 valence electrons. The fourth-order valence-corrected chi connectivity index (χ4v) is 3.38. The number of nitrogens with zero attached hydrogens (tertiary/aromatic N) is 1. The molecule has 3 N–H and O–H groups in total. The van der Waals surface area contributed by atoms with E-state index in [2.05, 4.69) is 20.8 Å². The third kappa shape index (κ3) is 5.03. The summed E-state index contributed by atoms with van der Waals surface area (Å²) in [4.78, 5) is 23.7. The highest BCUT2D eigenvalue weighted by atomic mass is 16.6. The van der Waals surface area contributed by atoms with Gasteiger partial charge in [0.1, 0.15) is 12.7 Å². The van der Waals surface area contributed by atoms with Gasteiger partial charge in [0.25, 0.3) is 0 Å². The Labute approximate surface area is 163 Å². The van der Waals surface area contributed by atoms with Crippen molar-refractivity contribution in [2.24, 2.45) is 0 Å². The number of hydrogen-bond donors (Lipinski definition) is 3. The molecule has 2 amide bonds. The minimum atomic E-state index is -0.550. The Morgan fingerprint density at radius 3 is 2.71 bits per heavy atom. The van der Waals surface area contributed by atoms with Crippen LogP contribution in [0.4, 0.5) is 15.4 Å².